The first-order valence-corrected chi connectivity index (χ1v) is 4.13. The van der Waals surface area contributed by atoms with Gasteiger partial charge >= 0.3 is 0 Å². The van der Waals surface area contributed by atoms with Crippen molar-refractivity contribution in [3.8, 4) is 0 Å². The molecule has 68 valence electrons. The number of fused-ring (bicyclic) bond motifs is 1. The van der Waals surface area contributed by atoms with Crippen LogP contribution in [0, 0.1) is 10.1 Å². The summed E-state index contributed by atoms with van der Waals surface area (Å²) in [4.78, 5) is 10.6. The van der Waals surface area contributed by atoms with Gasteiger partial charge in [-0.3, -0.25) is 10.1 Å². The van der Waals surface area contributed by atoms with Crippen molar-refractivity contribution < 1.29 is 4.92 Å². The quantitative estimate of drug-likeness (QED) is 0.481. The monoisotopic (exact) mass is 178 g/mol. The lowest BCUT2D eigenvalue weighted by molar-refractivity contribution is -0.538. The van der Waals surface area contributed by atoms with Gasteiger partial charge in [0.25, 0.3) is 5.54 Å². The molecule has 0 aromatic rings. The lowest BCUT2D eigenvalue weighted by Crippen LogP contribution is -2.37. The molecule has 0 saturated carbocycles. The van der Waals surface area contributed by atoms with Crippen LogP contribution in [0.1, 0.15) is 6.92 Å². The Labute approximate surface area is 75.8 Å². The van der Waals surface area contributed by atoms with Crippen LogP contribution in [0.5, 0.6) is 0 Å². The van der Waals surface area contributed by atoms with Gasteiger partial charge in [-0.15, -0.1) is 0 Å². The highest BCUT2D eigenvalue weighted by molar-refractivity contribution is 5.49. The molecule has 2 rings (SSSR count). The molecule has 1 unspecified atom stereocenters. The van der Waals surface area contributed by atoms with E-state index in [1.54, 1.807) is 19.1 Å². The molecule has 0 aromatic heterocycles. The van der Waals surface area contributed by atoms with Crippen LogP contribution in [0.15, 0.2) is 35.6 Å². The van der Waals surface area contributed by atoms with Crippen LogP contribution < -0.4 is 5.32 Å². The predicted molar refractivity (Wildman–Crippen MR) is 48.7 cm³/mol. The Balaban J connectivity index is 2.49. The van der Waals surface area contributed by atoms with Crippen molar-refractivity contribution >= 4 is 0 Å². The summed E-state index contributed by atoms with van der Waals surface area (Å²) in [6.45, 7) is 2.31. The first-order valence-electron chi connectivity index (χ1n) is 4.13. The molecule has 1 N–H and O–H groups in total. The van der Waals surface area contributed by atoms with E-state index in [1.165, 1.54) is 0 Å². The zero-order valence-corrected chi connectivity index (χ0v) is 7.28. The van der Waals surface area contributed by atoms with Gasteiger partial charge < -0.3 is 5.32 Å². The van der Waals surface area contributed by atoms with Gasteiger partial charge in [-0.1, -0.05) is 12.2 Å². The topological polar surface area (TPSA) is 55.2 Å². The molecule has 2 aliphatic rings. The van der Waals surface area contributed by atoms with E-state index in [0.29, 0.717) is 6.54 Å². The van der Waals surface area contributed by atoms with E-state index in [0.717, 1.165) is 11.3 Å². The van der Waals surface area contributed by atoms with Crippen molar-refractivity contribution in [1.29, 1.82) is 0 Å². The van der Waals surface area contributed by atoms with Crippen molar-refractivity contribution in [1.82, 2.24) is 5.32 Å². The summed E-state index contributed by atoms with van der Waals surface area (Å²) >= 11 is 0. The Kier molecular flexibility index (Phi) is 1.52. The molecular formula is C9H10N2O2. The lowest BCUT2D eigenvalue weighted by atomic mass is 9.87. The predicted octanol–water partition coefficient (Wildman–Crippen LogP) is 1.01. The van der Waals surface area contributed by atoms with Gasteiger partial charge in [0.2, 0.25) is 0 Å². The fourth-order valence-electron chi connectivity index (χ4n) is 1.68. The van der Waals surface area contributed by atoms with Gasteiger partial charge in [0.1, 0.15) is 0 Å². The van der Waals surface area contributed by atoms with Crippen LogP contribution in [0.3, 0.4) is 0 Å². The minimum atomic E-state index is -1.05. The molecule has 4 heteroatoms. The molecule has 0 spiro atoms. The first-order chi connectivity index (χ1) is 6.14. The molecule has 0 saturated heterocycles. The number of rotatable bonds is 1. The van der Waals surface area contributed by atoms with Crippen LogP contribution in [0.25, 0.3) is 0 Å². The summed E-state index contributed by atoms with van der Waals surface area (Å²) in [6.07, 6.45) is 7.09. The highest BCUT2D eigenvalue weighted by Crippen LogP contribution is 2.32. The Bertz CT molecular complexity index is 355. The Morgan fingerprint density at radius 1 is 1.69 bits per heavy atom. The second-order valence-corrected chi connectivity index (χ2v) is 3.34. The Morgan fingerprint density at radius 2 is 2.46 bits per heavy atom. The van der Waals surface area contributed by atoms with E-state index >= 15 is 0 Å². The Morgan fingerprint density at radius 3 is 3.15 bits per heavy atom. The zero-order valence-electron chi connectivity index (χ0n) is 7.28. The molecule has 4 nitrogen and oxygen atoms in total. The highest BCUT2D eigenvalue weighted by Gasteiger charge is 2.43. The van der Waals surface area contributed by atoms with Crippen molar-refractivity contribution in [3.63, 3.8) is 0 Å². The van der Waals surface area contributed by atoms with Crippen LogP contribution in [0.2, 0.25) is 0 Å². The molecule has 13 heavy (non-hydrogen) atoms. The molecule has 0 aromatic carbocycles. The maximum absolute atomic E-state index is 10.9. The van der Waals surface area contributed by atoms with Crippen LogP contribution in [-0.2, 0) is 0 Å². The molecule has 1 atom stereocenters. The Hall–Kier alpha value is -1.58. The largest absolute Gasteiger partial charge is 0.381 e. The lowest BCUT2D eigenvalue weighted by Gasteiger charge is -2.21. The summed E-state index contributed by atoms with van der Waals surface area (Å²) < 4.78 is 0. The van der Waals surface area contributed by atoms with Crippen molar-refractivity contribution in [2.45, 2.75) is 12.5 Å². The van der Waals surface area contributed by atoms with Crippen molar-refractivity contribution in [3.05, 3.63) is 45.7 Å². The number of nitrogens with one attached hydrogen (secondary N) is 1. The average molecular weight is 178 g/mol. The van der Waals surface area contributed by atoms with E-state index in [9.17, 15) is 10.1 Å². The van der Waals surface area contributed by atoms with Gasteiger partial charge in [0.05, 0.1) is 5.57 Å². The zero-order chi connectivity index (χ0) is 9.47. The normalized spacial score (nSPS) is 30.2. The average Bonchev–Trinajstić information content (AvgIpc) is 2.53. The summed E-state index contributed by atoms with van der Waals surface area (Å²) in [5.74, 6) is 0. The molecule has 0 bridgehead atoms. The number of hydrogen-bond acceptors (Lipinski definition) is 3. The second kappa shape index (κ2) is 2.45. The van der Waals surface area contributed by atoms with Crippen molar-refractivity contribution in [2.75, 3.05) is 6.54 Å². The van der Waals surface area contributed by atoms with E-state index in [-0.39, 0.29) is 4.92 Å². The molecule has 1 aliphatic heterocycles. The smallest absolute Gasteiger partial charge is 0.264 e. The van der Waals surface area contributed by atoms with Crippen LogP contribution >= 0.6 is 0 Å². The molecule has 0 radical (unpaired) electrons. The van der Waals surface area contributed by atoms with E-state index in [2.05, 4.69) is 5.32 Å². The van der Waals surface area contributed by atoms with Gasteiger partial charge in [-0.05, 0) is 12.2 Å². The molecule has 1 heterocycles. The third-order valence-corrected chi connectivity index (χ3v) is 2.50. The SMILES string of the molecule is CC1([N+](=O)[O-])C=CC=C2NCC=C21. The third kappa shape index (κ3) is 0.983. The highest BCUT2D eigenvalue weighted by atomic mass is 16.6. The fourth-order valence-corrected chi connectivity index (χ4v) is 1.68. The minimum Gasteiger partial charge on any atom is -0.381 e. The van der Waals surface area contributed by atoms with Crippen molar-refractivity contribution in [2.24, 2.45) is 0 Å². The van der Waals surface area contributed by atoms with E-state index < -0.39 is 5.54 Å². The number of hydrogen-bond donors (Lipinski definition) is 1. The van der Waals surface area contributed by atoms with Gasteiger partial charge in [0.15, 0.2) is 0 Å². The summed E-state index contributed by atoms with van der Waals surface area (Å²) in [5.41, 5.74) is 0.606. The molecule has 0 fully saturated rings. The molecular weight excluding hydrogens is 168 g/mol. The fraction of sp³-hybridized carbons (Fsp3) is 0.333. The number of nitro groups is 1. The maximum atomic E-state index is 10.9. The summed E-state index contributed by atoms with van der Waals surface area (Å²) in [5, 5.41) is 14.0. The molecule has 0 amide bonds. The van der Waals surface area contributed by atoms with Gasteiger partial charge in [0, 0.05) is 24.1 Å². The summed E-state index contributed by atoms with van der Waals surface area (Å²) in [7, 11) is 0. The standard InChI is InChI=1S/C9H10N2O2/c1-9(11(12)13)5-2-3-8-7(9)4-6-10-8/h2-5,10H,6H2,1H3. The van der Waals surface area contributed by atoms with Crippen LogP contribution in [-0.4, -0.2) is 17.0 Å². The summed E-state index contributed by atoms with van der Waals surface area (Å²) in [6, 6.07) is 0. The van der Waals surface area contributed by atoms with Gasteiger partial charge in [-0.25, -0.2) is 0 Å². The number of nitrogens with zero attached hydrogens (tertiary/aromatic N) is 1. The van der Waals surface area contributed by atoms with E-state index in [4.69, 9.17) is 0 Å². The maximum Gasteiger partial charge on any atom is 0.264 e. The third-order valence-electron chi connectivity index (χ3n) is 2.50. The molecule has 1 aliphatic carbocycles. The van der Waals surface area contributed by atoms with Gasteiger partial charge in [-0.2, -0.15) is 0 Å². The number of allylic oxidation sites excluding steroid dienone is 2. The van der Waals surface area contributed by atoms with Crippen LogP contribution in [0.4, 0.5) is 0 Å². The first kappa shape index (κ1) is 8.04. The van der Waals surface area contributed by atoms with E-state index in [1.807, 2.05) is 12.2 Å². The second-order valence-electron chi connectivity index (χ2n) is 3.34. The minimum absolute atomic E-state index is 0.255.